The molecule has 1 aliphatic rings. The lowest BCUT2D eigenvalue weighted by atomic mass is 9.94. The van der Waals surface area contributed by atoms with Gasteiger partial charge in [-0.25, -0.2) is 4.79 Å². The first kappa shape index (κ1) is 23.6. The van der Waals surface area contributed by atoms with Gasteiger partial charge in [0.05, 0.1) is 39.0 Å². The van der Waals surface area contributed by atoms with Gasteiger partial charge >= 0.3 is 6.03 Å². The van der Waals surface area contributed by atoms with Crippen LogP contribution in [0.25, 0.3) is 17.0 Å². The van der Waals surface area contributed by atoms with Gasteiger partial charge in [0.15, 0.2) is 11.5 Å². The fourth-order valence-electron chi connectivity index (χ4n) is 3.84. The second-order valence-electron chi connectivity index (χ2n) is 7.57. The van der Waals surface area contributed by atoms with Crippen molar-refractivity contribution in [2.24, 2.45) is 0 Å². The number of benzene rings is 2. The Hall–Kier alpha value is -3.56. The molecule has 34 heavy (non-hydrogen) atoms. The van der Waals surface area contributed by atoms with Crippen LogP contribution in [-0.4, -0.2) is 55.6 Å². The number of hydrogen-bond acceptors (Lipinski definition) is 7. The van der Waals surface area contributed by atoms with Gasteiger partial charge in [-0.1, -0.05) is 22.8 Å². The topological polar surface area (TPSA) is 99.0 Å². The van der Waals surface area contributed by atoms with E-state index in [1.165, 1.54) is 0 Å². The summed E-state index contributed by atoms with van der Waals surface area (Å²) in [6.45, 7) is 2.59. The van der Waals surface area contributed by atoms with Crippen molar-refractivity contribution in [1.82, 2.24) is 20.4 Å². The van der Waals surface area contributed by atoms with Crippen molar-refractivity contribution in [2.45, 2.75) is 13.0 Å². The number of allylic oxidation sites excluding steroid dienone is 1. The molecule has 0 spiro atoms. The number of methoxy groups -OCH3 is 3. The molecule has 1 aliphatic heterocycles. The molecule has 2 amide bonds. The van der Waals surface area contributed by atoms with Gasteiger partial charge in [0.25, 0.3) is 5.89 Å². The van der Waals surface area contributed by atoms with E-state index in [1.807, 2.05) is 31.2 Å². The highest BCUT2D eigenvalue weighted by Crippen LogP contribution is 2.40. The minimum atomic E-state index is -0.551. The highest BCUT2D eigenvalue weighted by molar-refractivity contribution is 6.30. The fourth-order valence-corrected chi connectivity index (χ4v) is 3.97. The molecule has 4 rings (SSSR count). The maximum absolute atomic E-state index is 13.0. The summed E-state index contributed by atoms with van der Waals surface area (Å²) >= 11 is 6.00. The molecule has 1 N–H and O–H groups in total. The predicted molar refractivity (Wildman–Crippen MR) is 127 cm³/mol. The Morgan fingerprint density at radius 3 is 2.50 bits per heavy atom. The molecule has 1 aromatic heterocycles. The van der Waals surface area contributed by atoms with Crippen LogP contribution in [0.1, 0.15) is 24.4 Å². The van der Waals surface area contributed by atoms with Gasteiger partial charge in [-0.3, -0.25) is 4.90 Å². The van der Waals surface area contributed by atoms with Crippen molar-refractivity contribution in [1.29, 1.82) is 0 Å². The molecular weight excluding hydrogens is 460 g/mol. The van der Waals surface area contributed by atoms with Gasteiger partial charge in [0, 0.05) is 23.4 Å². The summed E-state index contributed by atoms with van der Waals surface area (Å²) in [6.07, 6.45) is 0. The van der Waals surface area contributed by atoms with Gasteiger partial charge in [0.2, 0.25) is 5.82 Å². The molecule has 0 aliphatic carbocycles. The number of aromatic nitrogens is 2. The molecule has 10 heteroatoms. The van der Waals surface area contributed by atoms with E-state index in [9.17, 15) is 4.79 Å². The van der Waals surface area contributed by atoms with Gasteiger partial charge in [-0.2, -0.15) is 4.98 Å². The highest BCUT2D eigenvalue weighted by atomic mass is 35.5. The van der Waals surface area contributed by atoms with Crippen molar-refractivity contribution in [2.75, 3.05) is 34.5 Å². The Bertz CT molecular complexity index is 1210. The number of rotatable bonds is 8. The monoisotopic (exact) mass is 484 g/mol. The van der Waals surface area contributed by atoms with Crippen LogP contribution in [0, 0.1) is 0 Å². The van der Waals surface area contributed by atoms with Crippen LogP contribution in [0.15, 0.2) is 52.7 Å². The Balaban J connectivity index is 1.81. The van der Waals surface area contributed by atoms with E-state index in [0.717, 1.165) is 11.1 Å². The smallest absolute Gasteiger partial charge is 0.322 e. The van der Waals surface area contributed by atoms with Crippen LogP contribution in [-0.2, 0) is 4.74 Å². The second-order valence-corrected chi connectivity index (χ2v) is 8.01. The molecule has 2 heterocycles. The lowest BCUT2D eigenvalue weighted by Gasteiger charge is -2.35. The lowest BCUT2D eigenvalue weighted by Crippen LogP contribution is -2.47. The molecule has 0 radical (unpaired) electrons. The number of carbonyl (C=O) groups is 1. The van der Waals surface area contributed by atoms with Gasteiger partial charge in [-0.15, -0.1) is 0 Å². The zero-order valence-electron chi connectivity index (χ0n) is 19.3. The van der Waals surface area contributed by atoms with Crippen LogP contribution in [0.2, 0.25) is 5.02 Å². The van der Waals surface area contributed by atoms with Crippen LogP contribution >= 0.6 is 11.6 Å². The third kappa shape index (κ3) is 4.57. The summed E-state index contributed by atoms with van der Waals surface area (Å²) < 4.78 is 21.7. The minimum absolute atomic E-state index is 0.254. The maximum Gasteiger partial charge on any atom is 0.322 e. The number of carbonyl (C=O) groups excluding carboxylic acids is 1. The summed E-state index contributed by atoms with van der Waals surface area (Å²) in [4.78, 5) is 19.2. The Morgan fingerprint density at radius 1 is 1.09 bits per heavy atom. The molecule has 1 unspecified atom stereocenters. The number of nitrogens with zero attached hydrogens (tertiary/aromatic N) is 3. The average Bonchev–Trinajstić information content (AvgIpc) is 3.33. The van der Waals surface area contributed by atoms with Crippen LogP contribution in [0.3, 0.4) is 0 Å². The largest absolute Gasteiger partial charge is 0.493 e. The normalized spacial score (nSPS) is 16.0. The molecule has 0 fully saturated rings. The molecule has 2 aromatic carbocycles. The zero-order valence-corrected chi connectivity index (χ0v) is 20.0. The second kappa shape index (κ2) is 10.1. The summed E-state index contributed by atoms with van der Waals surface area (Å²) in [5.41, 5.74) is 2.90. The van der Waals surface area contributed by atoms with Crippen molar-refractivity contribution in [3.63, 3.8) is 0 Å². The van der Waals surface area contributed by atoms with Crippen molar-refractivity contribution < 1.29 is 23.5 Å². The Kier molecular flexibility index (Phi) is 7.04. The van der Waals surface area contributed by atoms with Gasteiger partial charge in [-0.05, 0) is 48.9 Å². The maximum atomic E-state index is 13.0. The molecule has 3 aromatic rings. The summed E-state index contributed by atoms with van der Waals surface area (Å²) in [5, 5.41) is 7.82. The average molecular weight is 485 g/mol. The highest BCUT2D eigenvalue weighted by Gasteiger charge is 2.36. The molecule has 0 saturated carbocycles. The molecule has 0 bridgehead atoms. The minimum Gasteiger partial charge on any atom is -0.493 e. The first-order chi connectivity index (χ1) is 16.5. The third-order valence-electron chi connectivity index (χ3n) is 5.62. The van der Waals surface area contributed by atoms with Crippen molar-refractivity contribution >= 4 is 23.2 Å². The predicted octanol–water partition coefficient (Wildman–Crippen LogP) is 4.55. The third-order valence-corrected chi connectivity index (χ3v) is 5.87. The number of halogens is 1. The van der Waals surface area contributed by atoms with E-state index in [-0.39, 0.29) is 6.03 Å². The van der Waals surface area contributed by atoms with E-state index in [0.29, 0.717) is 52.7 Å². The van der Waals surface area contributed by atoms with Crippen molar-refractivity contribution in [3.8, 4) is 22.9 Å². The van der Waals surface area contributed by atoms with Crippen LogP contribution in [0.5, 0.6) is 11.5 Å². The van der Waals surface area contributed by atoms with Gasteiger partial charge in [0.1, 0.15) is 0 Å². The summed E-state index contributed by atoms with van der Waals surface area (Å²) in [7, 11) is 4.72. The van der Waals surface area contributed by atoms with E-state index in [4.69, 9.17) is 30.3 Å². The number of ether oxygens (including phenoxy) is 3. The van der Waals surface area contributed by atoms with E-state index in [1.54, 1.807) is 44.4 Å². The summed E-state index contributed by atoms with van der Waals surface area (Å²) in [6, 6.07) is 11.8. The summed E-state index contributed by atoms with van der Waals surface area (Å²) in [5.74, 6) is 1.84. The van der Waals surface area contributed by atoms with E-state index >= 15 is 0 Å². The molecular formula is C24H25ClN4O5. The van der Waals surface area contributed by atoms with Crippen molar-refractivity contribution in [3.05, 3.63) is 64.6 Å². The first-order valence-electron chi connectivity index (χ1n) is 10.6. The van der Waals surface area contributed by atoms with Gasteiger partial charge < -0.3 is 24.1 Å². The van der Waals surface area contributed by atoms with E-state index in [2.05, 4.69) is 15.5 Å². The number of urea groups is 1. The Morgan fingerprint density at radius 2 is 1.82 bits per heavy atom. The quantitative estimate of drug-likeness (QED) is 0.500. The van der Waals surface area contributed by atoms with Crippen LogP contribution in [0.4, 0.5) is 4.79 Å². The fraction of sp³-hybridized carbons (Fsp3) is 0.292. The zero-order chi connectivity index (χ0) is 24.2. The number of amides is 2. The lowest BCUT2D eigenvalue weighted by molar-refractivity contribution is 0.158. The molecule has 1 atom stereocenters. The first-order valence-corrected chi connectivity index (χ1v) is 10.9. The SMILES string of the molecule is COCCN1C(=O)NC(c2ccc(OC)c(OC)c2)C(c2nc(-c3ccc(Cl)cc3)no2)=C1C. The van der Waals surface area contributed by atoms with Crippen LogP contribution < -0.4 is 14.8 Å². The Labute approximate surface area is 202 Å². The molecule has 178 valence electrons. The number of nitrogens with one attached hydrogen (secondary N) is 1. The number of hydrogen-bond donors (Lipinski definition) is 1. The van der Waals surface area contributed by atoms with E-state index < -0.39 is 6.04 Å². The molecule has 0 saturated heterocycles. The standard InChI is InChI=1S/C24H25ClN4O5/c1-14-20(23-27-22(28-34-23)15-5-8-17(25)9-6-15)21(26-24(30)29(14)11-12-31-2)16-7-10-18(32-3)19(13-16)33-4/h5-10,13,21H,11-12H2,1-4H3,(H,26,30). The molecule has 9 nitrogen and oxygen atoms in total.